The van der Waals surface area contributed by atoms with E-state index in [9.17, 15) is 0 Å². The topological polar surface area (TPSA) is 12.0 Å². The van der Waals surface area contributed by atoms with Gasteiger partial charge in [-0.05, 0) is 71.4 Å². The van der Waals surface area contributed by atoms with Gasteiger partial charge in [-0.2, -0.15) is 0 Å². The number of anilines is 1. The highest BCUT2D eigenvalue weighted by molar-refractivity contribution is 9.10. The summed E-state index contributed by atoms with van der Waals surface area (Å²) in [4.78, 5) is 1.43. The third-order valence-electron chi connectivity index (χ3n) is 3.60. The van der Waals surface area contributed by atoms with Crippen LogP contribution in [0.25, 0.3) is 0 Å². The molecule has 0 aliphatic heterocycles. The highest BCUT2D eigenvalue weighted by Gasteiger charge is 2.25. The lowest BCUT2D eigenvalue weighted by molar-refractivity contribution is 0.760. The van der Waals surface area contributed by atoms with E-state index in [1.54, 1.807) is 11.3 Å². The Labute approximate surface area is 131 Å². The van der Waals surface area contributed by atoms with Crippen molar-refractivity contribution in [1.29, 1.82) is 0 Å². The molecule has 1 aliphatic rings. The Morgan fingerprint density at radius 2 is 2.11 bits per heavy atom. The minimum Gasteiger partial charge on any atom is -0.377 e. The third kappa shape index (κ3) is 2.56. The first-order valence-corrected chi connectivity index (χ1v) is 8.34. The Morgan fingerprint density at radius 1 is 1.32 bits per heavy atom. The van der Waals surface area contributed by atoms with E-state index in [1.807, 2.05) is 0 Å². The van der Waals surface area contributed by atoms with Crippen molar-refractivity contribution in [1.82, 2.24) is 0 Å². The van der Waals surface area contributed by atoms with Gasteiger partial charge >= 0.3 is 0 Å². The summed E-state index contributed by atoms with van der Waals surface area (Å²) in [6, 6.07) is 6.87. The van der Waals surface area contributed by atoms with E-state index in [0.717, 1.165) is 21.7 Å². The number of thiophene rings is 1. The van der Waals surface area contributed by atoms with Crippen LogP contribution in [0.5, 0.6) is 0 Å². The van der Waals surface area contributed by atoms with Gasteiger partial charge in [-0.25, -0.2) is 0 Å². The molecule has 3 rings (SSSR count). The van der Waals surface area contributed by atoms with Crippen LogP contribution in [0.3, 0.4) is 0 Å². The largest absolute Gasteiger partial charge is 0.377 e. The molecular formula is C15H15BrClNS. The van der Waals surface area contributed by atoms with Crippen LogP contribution in [0.2, 0.25) is 4.34 Å². The van der Waals surface area contributed by atoms with Crippen molar-refractivity contribution < 1.29 is 0 Å². The molecule has 100 valence electrons. The molecule has 0 saturated carbocycles. The van der Waals surface area contributed by atoms with Crippen molar-refractivity contribution in [2.75, 3.05) is 5.32 Å². The lowest BCUT2D eigenvalue weighted by atomic mass is 10.1. The predicted octanol–water partition coefficient (Wildman–Crippen LogP) is 5.88. The molecule has 1 aromatic carbocycles. The van der Waals surface area contributed by atoms with Crippen LogP contribution in [0.15, 0.2) is 22.7 Å². The van der Waals surface area contributed by atoms with Gasteiger partial charge < -0.3 is 5.32 Å². The molecule has 1 heterocycles. The fourth-order valence-electron chi connectivity index (χ4n) is 2.75. The van der Waals surface area contributed by atoms with Gasteiger partial charge in [-0.3, -0.25) is 0 Å². The monoisotopic (exact) mass is 355 g/mol. The molecule has 0 radical (unpaired) electrons. The molecule has 1 aromatic heterocycles. The van der Waals surface area contributed by atoms with E-state index in [4.69, 9.17) is 11.6 Å². The van der Waals surface area contributed by atoms with E-state index in [-0.39, 0.29) is 0 Å². The fraction of sp³-hybridized carbons (Fsp3) is 0.333. The average Bonchev–Trinajstić information content (AvgIpc) is 2.83. The molecule has 1 atom stereocenters. The maximum atomic E-state index is 6.11. The second-order valence-electron chi connectivity index (χ2n) is 5.10. The Kier molecular flexibility index (Phi) is 3.63. The molecule has 0 spiro atoms. The maximum Gasteiger partial charge on any atom is 0.0934 e. The molecule has 1 N–H and O–H groups in total. The van der Waals surface area contributed by atoms with Crippen LogP contribution >= 0.6 is 38.9 Å². The molecule has 2 aromatic rings. The lowest BCUT2D eigenvalue weighted by Gasteiger charge is -2.18. The van der Waals surface area contributed by atoms with Crippen molar-refractivity contribution in [3.8, 4) is 0 Å². The van der Waals surface area contributed by atoms with Gasteiger partial charge in [0.05, 0.1) is 16.1 Å². The SMILES string of the molecule is Cc1cc(C)c(NC2CCc3sc(Cl)cc32)c(Br)c1. The van der Waals surface area contributed by atoms with Crippen LogP contribution in [0.4, 0.5) is 5.69 Å². The smallest absolute Gasteiger partial charge is 0.0934 e. The average molecular weight is 357 g/mol. The highest BCUT2D eigenvalue weighted by Crippen LogP contribution is 2.42. The zero-order valence-electron chi connectivity index (χ0n) is 10.9. The molecule has 19 heavy (non-hydrogen) atoms. The molecule has 1 nitrogen and oxygen atoms in total. The number of benzene rings is 1. The second-order valence-corrected chi connectivity index (χ2v) is 7.73. The Hall–Kier alpha value is -0.510. The van der Waals surface area contributed by atoms with Gasteiger partial charge in [0.2, 0.25) is 0 Å². The number of hydrogen-bond acceptors (Lipinski definition) is 2. The minimum absolute atomic E-state index is 0.386. The molecule has 0 saturated heterocycles. The summed E-state index contributed by atoms with van der Waals surface area (Å²) in [5.74, 6) is 0. The second kappa shape index (κ2) is 5.12. The highest BCUT2D eigenvalue weighted by atomic mass is 79.9. The van der Waals surface area contributed by atoms with Crippen LogP contribution in [-0.4, -0.2) is 0 Å². The maximum absolute atomic E-state index is 6.11. The van der Waals surface area contributed by atoms with Crippen molar-refractivity contribution in [3.63, 3.8) is 0 Å². The van der Waals surface area contributed by atoms with Crippen LogP contribution in [-0.2, 0) is 6.42 Å². The van der Waals surface area contributed by atoms with Crippen LogP contribution < -0.4 is 5.32 Å². The van der Waals surface area contributed by atoms with Gasteiger partial charge in [0.25, 0.3) is 0 Å². The quantitative estimate of drug-likeness (QED) is 0.708. The van der Waals surface area contributed by atoms with Crippen LogP contribution in [0, 0.1) is 13.8 Å². The summed E-state index contributed by atoms with van der Waals surface area (Å²) in [5, 5.41) is 3.68. The molecular weight excluding hydrogens is 342 g/mol. The number of fused-ring (bicyclic) bond motifs is 1. The summed E-state index contributed by atoms with van der Waals surface area (Å²) in [6.45, 7) is 4.27. The first kappa shape index (κ1) is 13.5. The number of aryl methyl sites for hydroxylation is 3. The van der Waals surface area contributed by atoms with E-state index in [1.165, 1.54) is 27.3 Å². The summed E-state index contributed by atoms with van der Waals surface area (Å²) < 4.78 is 2.04. The van der Waals surface area contributed by atoms with Gasteiger partial charge in [-0.1, -0.05) is 17.7 Å². The summed E-state index contributed by atoms with van der Waals surface area (Å²) in [5.41, 5.74) is 5.13. The molecule has 0 bridgehead atoms. The standard InChI is InChI=1S/C15H15BrClNS/c1-8-5-9(2)15(11(16)6-8)18-12-3-4-13-10(12)7-14(17)19-13/h5-7,12,18H,3-4H2,1-2H3. The summed E-state index contributed by atoms with van der Waals surface area (Å²) in [7, 11) is 0. The normalized spacial score (nSPS) is 17.6. The first-order chi connectivity index (χ1) is 9.04. The number of halogens is 2. The predicted molar refractivity (Wildman–Crippen MR) is 87.6 cm³/mol. The molecule has 0 fully saturated rings. The Morgan fingerprint density at radius 3 is 2.84 bits per heavy atom. The van der Waals surface area contributed by atoms with Crippen molar-refractivity contribution in [2.45, 2.75) is 32.7 Å². The first-order valence-electron chi connectivity index (χ1n) is 6.36. The lowest BCUT2D eigenvalue weighted by Crippen LogP contribution is -2.08. The summed E-state index contributed by atoms with van der Waals surface area (Å²) in [6.07, 6.45) is 2.28. The number of hydrogen-bond donors (Lipinski definition) is 1. The van der Waals surface area contributed by atoms with Gasteiger partial charge in [0, 0.05) is 9.35 Å². The van der Waals surface area contributed by atoms with E-state index in [0.29, 0.717) is 6.04 Å². The number of nitrogens with one attached hydrogen (secondary N) is 1. The Balaban J connectivity index is 1.91. The molecule has 0 amide bonds. The van der Waals surface area contributed by atoms with Crippen molar-refractivity contribution in [2.24, 2.45) is 0 Å². The van der Waals surface area contributed by atoms with Gasteiger partial charge in [0.1, 0.15) is 0 Å². The van der Waals surface area contributed by atoms with Gasteiger partial charge in [-0.15, -0.1) is 11.3 Å². The van der Waals surface area contributed by atoms with Gasteiger partial charge in [0.15, 0.2) is 0 Å². The van der Waals surface area contributed by atoms with Crippen molar-refractivity contribution in [3.05, 3.63) is 48.6 Å². The zero-order chi connectivity index (χ0) is 13.6. The minimum atomic E-state index is 0.386. The van der Waals surface area contributed by atoms with E-state index >= 15 is 0 Å². The molecule has 1 unspecified atom stereocenters. The Bertz CT molecular complexity index is 612. The van der Waals surface area contributed by atoms with Crippen molar-refractivity contribution >= 4 is 44.6 Å². The van der Waals surface area contributed by atoms with Crippen LogP contribution in [0.1, 0.15) is 34.0 Å². The number of rotatable bonds is 2. The fourth-order valence-corrected chi connectivity index (χ4v) is 4.90. The van der Waals surface area contributed by atoms with E-state index in [2.05, 4.69) is 53.3 Å². The zero-order valence-corrected chi connectivity index (χ0v) is 14.0. The third-order valence-corrected chi connectivity index (χ3v) is 5.56. The summed E-state index contributed by atoms with van der Waals surface area (Å²) >= 11 is 11.5. The molecule has 4 heteroatoms. The van der Waals surface area contributed by atoms with E-state index < -0.39 is 0 Å². The molecule has 1 aliphatic carbocycles.